The van der Waals surface area contributed by atoms with Crippen molar-refractivity contribution in [3.8, 4) is 0 Å². The first-order chi connectivity index (χ1) is 16.4. The number of hydrogen-bond donors (Lipinski definition) is 1. The van der Waals surface area contributed by atoms with Crippen LogP contribution in [0.3, 0.4) is 0 Å². The number of aryl methyl sites for hydroxylation is 2. The molecule has 188 valence electrons. The van der Waals surface area contributed by atoms with Gasteiger partial charge in [-0.2, -0.15) is 4.31 Å². The highest BCUT2D eigenvalue weighted by atomic mass is 32.2. The number of piperazine rings is 1. The maximum absolute atomic E-state index is 13.2. The molecule has 0 saturated carbocycles. The van der Waals surface area contributed by atoms with Gasteiger partial charge in [0.25, 0.3) is 0 Å². The topological polar surface area (TPSA) is 90.0 Å². The van der Waals surface area contributed by atoms with Crippen molar-refractivity contribution in [3.05, 3.63) is 29.3 Å². The van der Waals surface area contributed by atoms with E-state index in [9.17, 15) is 18.0 Å². The molecule has 0 aromatic heterocycles. The summed E-state index contributed by atoms with van der Waals surface area (Å²) in [6.07, 6.45) is 6.85. The number of sulfonamides is 1. The summed E-state index contributed by atoms with van der Waals surface area (Å²) in [5.41, 5.74) is 2.40. The van der Waals surface area contributed by atoms with Gasteiger partial charge in [0.1, 0.15) is 0 Å². The highest BCUT2D eigenvalue weighted by Crippen LogP contribution is 2.27. The Hall–Kier alpha value is -1.97. The molecular formula is C25H38N4O4S. The zero-order chi connectivity index (χ0) is 24.1. The molecule has 2 saturated heterocycles. The van der Waals surface area contributed by atoms with E-state index in [0.29, 0.717) is 44.2 Å². The van der Waals surface area contributed by atoms with E-state index in [1.807, 2.05) is 12.1 Å². The van der Waals surface area contributed by atoms with Gasteiger partial charge in [0.15, 0.2) is 0 Å². The predicted octanol–water partition coefficient (Wildman–Crippen LogP) is 1.64. The molecule has 0 spiro atoms. The smallest absolute Gasteiger partial charge is 0.243 e. The van der Waals surface area contributed by atoms with Gasteiger partial charge in [-0.3, -0.25) is 14.5 Å². The van der Waals surface area contributed by atoms with Crippen molar-refractivity contribution >= 4 is 21.8 Å². The first-order valence-electron chi connectivity index (χ1n) is 12.8. The summed E-state index contributed by atoms with van der Waals surface area (Å²) in [6.45, 7) is 5.95. The van der Waals surface area contributed by atoms with Crippen LogP contribution in [0.2, 0.25) is 0 Å². The minimum absolute atomic E-state index is 0.0154. The molecule has 0 bridgehead atoms. The van der Waals surface area contributed by atoms with E-state index in [0.717, 1.165) is 57.1 Å². The van der Waals surface area contributed by atoms with Crippen LogP contribution < -0.4 is 5.32 Å². The zero-order valence-corrected chi connectivity index (χ0v) is 21.1. The second kappa shape index (κ2) is 11.2. The Labute approximate surface area is 203 Å². The zero-order valence-electron chi connectivity index (χ0n) is 20.3. The molecule has 1 atom stereocenters. The molecule has 1 unspecified atom stereocenters. The van der Waals surface area contributed by atoms with Gasteiger partial charge in [0.05, 0.1) is 17.4 Å². The number of benzene rings is 1. The molecule has 0 radical (unpaired) electrons. The summed E-state index contributed by atoms with van der Waals surface area (Å²) in [6, 6.07) is 5.51. The Morgan fingerprint density at radius 2 is 1.79 bits per heavy atom. The van der Waals surface area contributed by atoms with E-state index in [2.05, 4.69) is 17.1 Å². The normalized spacial score (nSPS) is 21.9. The SMILES string of the molecule is CCCCNC(=O)C1CCCN(CC(=O)N2CCN(S(=O)(=O)c3ccc4c(c3)CCC4)CC2)C1. The summed E-state index contributed by atoms with van der Waals surface area (Å²) in [4.78, 5) is 29.5. The monoisotopic (exact) mass is 490 g/mol. The van der Waals surface area contributed by atoms with Gasteiger partial charge in [-0.05, 0) is 68.3 Å². The third kappa shape index (κ3) is 5.80. The van der Waals surface area contributed by atoms with Gasteiger partial charge >= 0.3 is 0 Å². The Morgan fingerprint density at radius 3 is 2.56 bits per heavy atom. The quantitative estimate of drug-likeness (QED) is 0.560. The molecule has 8 nitrogen and oxygen atoms in total. The fourth-order valence-corrected chi connectivity index (χ4v) is 6.75. The first kappa shape index (κ1) is 25.1. The molecule has 1 N–H and O–H groups in total. The van der Waals surface area contributed by atoms with Crippen LogP contribution in [0.1, 0.15) is 50.2 Å². The molecule has 34 heavy (non-hydrogen) atoms. The summed E-state index contributed by atoms with van der Waals surface area (Å²) in [5.74, 6) is 0.0466. The lowest BCUT2D eigenvalue weighted by Gasteiger charge is -2.36. The van der Waals surface area contributed by atoms with E-state index < -0.39 is 10.0 Å². The van der Waals surface area contributed by atoms with Crippen molar-refractivity contribution in [2.45, 2.75) is 56.8 Å². The van der Waals surface area contributed by atoms with E-state index in [1.54, 1.807) is 11.0 Å². The second-order valence-electron chi connectivity index (χ2n) is 9.79. The van der Waals surface area contributed by atoms with E-state index in [4.69, 9.17) is 0 Å². The van der Waals surface area contributed by atoms with Crippen LogP contribution in [-0.2, 0) is 32.5 Å². The van der Waals surface area contributed by atoms with Crippen LogP contribution in [0.25, 0.3) is 0 Å². The predicted molar refractivity (Wildman–Crippen MR) is 131 cm³/mol. The van der Waals surface area contributed by atoms with Gasteiger partial charge in [-0.15, -0.1) is 0 Å². The molecular weight excluding hydrogens is 452 g/mol. The average molecular weight is 491 g/mol. The number of fused-ring (bicyclic) bond motifs is 1. The molecule has 3 aliphatic rings. The molecule has 1 aliphatic carbocycles. The third-order valence-electron chi connectivity index (χ3n) is 7.36. The minimum Gasteiger partial charge on any atom is -0.356 e. The molecule has 1 aromatic carbocycles. The van der Waals surface area contributed by atoms with E-state index >= 15 is 0 Å². The Kier molecular flexibility index (Phi) is 8.26. The number of rotatable bonds is 8. The molecule has 9 heteroatoms. The van der Waals surface area contributed by atoms with Crippen molar-refractivity contribution in [3.63, 3.8) is 0 Å². The summed E-state index contributed by atoms with van der Waals surface area (Å²) >= 11 is 0. The highest BCUT2D eigenvalue weighted by molar-refractivity contribution is 7.89. The number of unbranched alkanes of at least 4 members (excludes halogenated alkanes) is 1. The van der Waals surface area contributed by atoms with Crippen molar-refractivity contribution in [1.29, 1.82) is 0 Å². The number of carbonyl (C=O) groups is 2. The molecule has 4 rings (SSSR count). The number of hydrogen-bond acceptors (Lipinski definition) is 5. The molecule has 2 amide bonds. The number of carbonyl (C=O) groups excluding carboxylic acids is 2. The highest BCUT2D eigenvalue weighted by Gasteiger charge is 2.32. The fourth-order valence-electron chi connectivity index (χ4n) is 5.27. The molecule has 2 fully saturated rings. The maximum atomic E-state index is 13.2. The van der Waals surface area contributed by atoms with Gasteiger partial charge in [0, 0.05) is 39.3 Å². The number of nitrogens with one attached hydrogen (secondary N) is 1. The first-order valence-corrected chi connectivity index (χ1v) is 14.2. The Balaban J connectivity index is 1.27. The van der Waals surface area contributed by atoms with Crippen LogP contribution >= 0.6 is 0 Å². The lowest BCUT2D eigenvalue weighted by molar-refractivity contribution is -0.135. The van der Waals surface area contributed by atoms with Crippen LogP contribution in [0.15, 0.2) is 23.1 Å². The largest absolute Gasteiger partial charge is 0.356 e. The van der Waals surface area contributed by atoms with Gasteiger partial charge in [-0.25, -0.2) is 8.42 Å². The number of amides is 2. The van der Waals surface area contributed by atoms with E-state index in [-0.39, 0.29) is 24.3 Å². The Morgan fingerprint density at radius 1 is 1.03 bits per heavy atom. The van der Waals surface area contributed by atoms with Gasteiger partial charge < -0.3 is 10.2 Å². The van der Waals surface area contributed by atoms with Crippen LogP contribution in [-0.4, -0.2) is 86.7 Å². The van der Waals surface area contributed by atoms with Gasteiger partial charge in [0.2, 0.25) is 21.8 Å². The standard InChI is InChI=1S/C25H38N4O4S/c1-2-3-11-26-25(31)22-8-5-12-27(18-22)19-24(30)28-13-15-29(16-14-28)34(32,33)23-10-9-20-6-4-7-21(20)17-23/h9-10,17,22H,2-8,11-16,18-19H2,1H3,(H,26,31). The summed E-state index contributed by atoms with van der Waals surface area (Å²) in [5, 5.41) is 3.01. The van der Waals surface area contributed by atoms with Crippen molar-refractivity contribution < 1.29 is 18.0 Å². The van der Waals surface area contributed by atoms with E-state index in [1.165, 1.54) is 9.87 Å². The van der Waals surface area contributed by atoms with Crippen molar-refractivity contribution in [2.75, 3.05) is 52.4 Å². The Bertz CT molecular complexity index is 989. The average Bonchev–Trinajstić information content (AvgIpc) is 3.32. The fraction of sp³-hybridized carbons (Fsp3) is 0.680. The molecule has 2 heterocycles. The second-order valence-corrected chi connectivity index (χ2v) is 11.7. The van der Waals surface area contributed by atoms with Crippen molar-refractivity contribution in [1.82, 2.24) is 19.4 Å². The molecule has 1 aromatic rings. The maximum Gasteiger partial charge on any atom is 0.243 e. The van der Waals surface area contributed by atoms with Gasteiger partial charge in [-0.1, -0.05) is 19.4 Å². The third-order valence-corrected chi connectivity index (χ3v) is 9.26. The number of likely N-dealkylation sites (tertiary alicyclic amines) is 1. The lowest BCUT2D eigenvalue weighted by Crippen LogP contribution is -2.53. The van der Waals surface area contributed by atoms with Crippen LogP contribution in [0.4, 0.5) is 0 Å². The summed E-state index contributed by atoms with van der Waals surface area (Å²) < 4.78 is 27.8. The van der Waals surface area contributed by atoms with Crippen LogP contribution in [0, 0.1) is 5.92 Å². The number of nitrogens with zero attached hydrogens (tertiary/aromatic N) is 3. The minimum atomic E-state index is -3.55. The lowest BCUT2D eigenvalue weighted by atomic mass is 9.97. The number of piperidine rings is 1. The summed E-state index contributed by atoms with van der Waals surface area (Å²) in [7, 11) is -3.55. The molecule has 2 aliphatic heterocycles. The van der Waals surface area contributed by atoms with Crippen molar-refractivity contribution in [2.24, 2.45) is 5.92 Å². The van der Waals surface area contributed by atoms with Crippen LogP contribution in [0.5, 0.6) is 0 Å².